The van der Waals surface area contributed by atoms with Gasteiger partial charge in [-0.1, -0.05) is 18.2 Å². The minimum absolute atomic E-state index is 0.0445. The molecule has 0 fully saturated rings. The molecule has 4 rings (SSSR count). The van der Waals surface area contributed by atoms with E-state index >= 15 is 0 Å². The van der Waals surface area contributed by atoms with E-state index < -0.39 is 34.6 Å². The van der Waals surface area contributed by atoms with Gasteiger partial charge < -0.3 is 19.9 Å². The van der Waals surface area contributed by atoms with Gasteiger partial charge in [0.05, 0.1) is 6.04 Å². The quantitative estimate of drug-likeness (QED) is 0.752. The lowest BCUT2D eigenvalue weighted by Gasteiger charge is -2.37. The highest BCUT2D eigenvalue weighted by molar-refractivity contribution is 5.99. The molecule has 2 amide bonds. The zero-order chi connectivity index (χ0) is 21.4. The molecule has 0 unspecified atom stereocenters. The normalized spacial score (nSPS) is 18.9. The van der Waals surface area contributed by atoms with Crippen LogP contribution in [0, 0.1) is 11.6 Å². The van der Waals surface area contributed by atoms with Gasteiger partial charge in [-0.15, -0.1) is 0 Å². The summed E-state index contributed by atoms with van der Waals surface area (Å²) in [5.74, 6) is -3.64. The van der Waals surface area contributed by atoms with Gasteiger partial charge in [0.2, 0.25) is 5.43 Å². The largest absolute Gasteiger partial charge is 0.503 e. The second kappa shape index (κ2) is 7.74. The number of benzene rings is 1. The van der Waals surface area contributed by atoms with E-state index in [1.54, 1.807) is 4.90 Å². The molecule has 2 aliphatic heterocycles. The van der Waals surface area contributed by atoms with E-state index in [9.17, 15) is 28.3 Å². The van der Waals surface area contributed by atoms with Crippen molar-refractivity contribution in [3.05, 3.63) is 75.2 Å². The van der Waals surface area contributed by atoms with Gasteiger partial charge in [0.25, 0.3) is 11.8 Å². The predicted molar refractivity (Wildman–Crippen MR) is 103 cm³/mol. The molecular weight excluding hydrogens is 396 g/mol. The van der Waals surface area contributed by atoms with E-state index in [2.05, 4.69) is 5.32 Å². The molecule has 7 nitrogen and oxygen atoms in total. The molecule has 0 saturated heterocycles. The summed E-state index contributed by atoms with van der Waals surface area (Å²) in [7, 11) is 0. The van der Waals surface area contributed by atoms with E-state index in [1.165, 1.54) is 16.8 Å². The van der Waals surface area contributed by atoms with Crippen LogP contribution in [0.2, 0.25) is 0 Å². The molecule has 2 aliphatic rings. The number of hydrogen-bond donors (Lipinski definition) is 2. The van der Waals surface area contributed by atoms with Crippen LogP contribution in [-0.4, -0.2) is 39.5 Å². The molecule has 0 saturated carbocycles. The van der Waals surface area contributed by atoms with Gasteiger partial charge in [0.15, 0.2) is 11.4 Å². The maximum absolute atomic E-state index is 13.8. The zero-order valence-corrected chi connectivity index (χ0v) is 15.9. The van der Waals surface area contributed by atoms with E-state index in [4.69, 9.17) is 0 Å². The number of fused-ring (bicyclic) bond motifs is 4. The van der Waals surface area contributed by atoms with Crippen molar-refractivity contribution in [2.45, 2.75) is 25.4 Å². The maximum Gasteiger partial charge on any atom is 0.274 e. The van der Waals surface area contributed by atoms with Crippen LogP contribution in [0.4, 0.5) is 8.78 Å². The number of aromatic nitrogens is 1. The first-order valence-electron chi connectivity index (χ1n) is 9.51. The third-order valence-corrected chi connectivity index (χ3v) is 5.36. The van der Waals surface area contributed by atoms with Gasteiger partial charge >= 0.3 is 0 Å². The average Bonchev–Trinajstić information content (AvgIpc) is 2.68. The molecule has 0 radical (unpaired) electrons. The molecular formula is C21H19F2N3O4. The Morgan fingerprint density at radius 2 is 2.03 bits per heavy atom. The molecule has 0 aliphatic carbocycles. The van der Waals surface area contributed by atoms with Gasteiger partial charge in [0, 0.05) is 37.5 Å². The van der Waals surface area contributed by atoms with Crippen molar-refractivity contribution >= 4 is 11.8 Å². The van der Waals surface area contributed by atoms with E-state index in [-0.39, 0.29) is 29.4 Å². The summed E-state index contributed by atoms with van der Waals surface area (Å²) in [4.78, 5) is 39.5. The fourth-order valence-corrected chi connectivity index (χ4v) is 3.77. The highest BCUT2D eigenvalue weighted by Crippen LogP contribution is 2.29. The molecule has 3 heterocycles. The van der Waals surface area contributed by atoms with Crippen LogP contribution in [0.25, 0.3) is 0 Å². The standard InChI is InChI=1S/C21H19F2N3O4/c22-13-6-5-12(16(23)8-13)9-24-20(29)15-11-26-14-4-2-1-3-7-25(10-14)21(30)17(26)19(28)18(15)27/h1-2,5-6,8,11,14,28H,3-4,7,9-10H2,(H,24,29)/b2-1-/t14-/m0/s1. The third-order valence-electron chi connectivity index (χ3n) is 5.36. The number of nitrogens with one attached hydrogen (secondary N) is 1. The van der Waals surface area contributed by atoms with Crippen LogP contribution >= 0.6 is 0 Å². The van der Waals surface area contributed by atoms with Gasteiger partial charge in [-0.2, -0.15) is 0 Å². The summed E-state index contributed by atoms with van der Waals surface area (Å²) in [6.07, 6.45) is 6.45. The van der Waals surface area contributed by atoms with Gasteiger partial charge in [-0.25, -0.2) is 8.78 Å². The summed E-state index contributed by atoms with van der Waals surface area (Å²) in [6.45, 7) is 0.608. The Labute approximate surface area is 170 Å². The van der Waals surface area contributed by atoms with E-state index in [0.717, 1.165) is 6.07 Å². The Morgan fingerprint density at radius 3 is 2.80 bits per heavy atom. The predicted octanol–water partition coefficient (Wildman–Crippen LogP) is 2.11. The van der Waals surface area contributed by atoms with E-state index in [0.29, 0.717) is 32.0 Å². The first-order chi connectivity index (χ1) is 14.4. The molecule has 0 spiro atoms. The van der Waals surface area contributed by atoms with Crippen molar-refractivity contribution in [3.63, 3.8) is 0 Å². The van der Waals surface area contributed by atoms with Crippen molar-refractivity contribution in [3.8, 4) is 5.75 Å². The van der Waals surface area contributed by atoms with Crippen LogP contribution in [0.15, 0.2) is 41.3 Å². The highest BCUT2D eigenvalue weighted by atomic mass is 19.1. The summed E-state index contributed by atoms with van der Waals surface area (Å²) in [5, 5.41) is 12.8. The molecule has 2 N–H and O–H groups in total. The Hall–Kier alpha value is -3.49. The molecule has 9 heteroatoms. The molecule has 1 aromatic carbocycles. The second-order valence-corrected chi connectivity index (χ2v) is 7.30. The number of allylic oxidation sites excluding steroid dienone is 1. The molecule has 2 bridgehead atoms. The number of rotatable bonds is 3. The van der Waals surface area contributed by atoms with Crippen LogP contribution in [-0.2, 0) is 6.54 Å². The first kappa shape index (κ1) is 19.8. The SMILES string of the molecule is O=C(NCc1ccc(F)cc1F)c1cn2c(c(O)c1=O)C(=O)N1CC/C=C\C[C@H]2C1. The van der Waals surface area contributed by atoms with Crippen molar-refractivity contribution in [1.82, 2.24) is 14.8 Å². The summed E-state index contributed by atoms with van der Waals surface area (Å²) in [6, 6.07) is 2.71. The van der Waals surface area contributed by atoms with Crippen LogP contribution < -0.4 is 10.7 Å². The monoisotopic (exact) mass is 415 g/mol. The molecule has 1 aromatic heterocycles. The number of carbonyl (C=O) groups is 2. The number of aromatic hydroxyl groups is 1. The first-order valence-corrected chi connectivity index (χ1v) is 9.51. The lowest BCUT2D eigenvalue weighted by Crippen LogP contribution is -2.45. The molecule has 2 aromatic rings. The fourth-order valence-electron chi connectivity index (χ4n) is 3.77. The topological polar surface area (TPSA) is 91.6 Å². The molecule has 30 heavy (non-hydrogen) atoms. The van der Waals surface area contributed by atoms with Gasteiger partial charge in [-0.3, -0.25) is 14.4 Å². The van der Waals surface area contributed by atoms with Crippen LogP contribution in [0.5, 0.6) is 5.75 Å². The van der Waals surface area contributed by atoms with Crippen molar-refractivity contribution in [1.29, 1.82) is 0 Å². The van der Waals surface area contributed by atoms with Gasteiger partial charge in [0.1, 0.15) is 17.2 Å². The highest BCUT2D eigenvalue weighted by Gasteiger charge is 2.35. The Kier molecular flexibility index (Phi) is 5.11. The summed E-state index contributed by atoms with van der Waals surface area (Å²) < 4.78 is 28.3. The second-order valence-electron chi connectivity index (χ2n) is 7.30. The number of pyridine rings is 1. The summed E-state index contributed by atoms with van der Waals surface area (Å²) in [5.41, 5.74) is -1.42. The fraction of sp³-hybridized carbons (Fsp3) is 0.286. The molecule has 1 atom stereocenters. The van der Waals surface area contributed by atoms with Crippen LogP contribution in [0.1, 0.15) is 45.3 Å². The van der Waals surface area contributed by atoms with E-state index in [1.807, 2.05) is 12.2 Å². The zero-order valence-electron chi connectivity index (χ0n) is 15.9. The number of hydrogen-bond acceptors (Lipinski definition) is 4. The summed E-state index contributed by atoms with van der Waals surface area (Å²) >= 11 is 0. The van der Waals surface area contributed by atoms with Crippen molar-refractivity contribution in [2.24, 2.45) is 0 Å². The minimum atomic E-state index is -0.972. The number of nitrogens with zero attached hydrogens (tertiary/aromatic N) is 2. The smallest absolute Gasteiger partial charge is 0.274 e. The maximum atomic E-state index is 13.8. The number of halogens is 2. The van der Waals surface area contributed by atoms with Gasteiger partial charge in [-0.05, 0) is 18.9 Å². The number of carbonyl (C=O) groups excluding carboxylic acids is 2. The Balaban J connectivity index is 1.67. The average molecular weight is 415 g/mol. The lowest BCUT2D eigenvalue weighted by molar-refractivity contribution is 0.0659. The third kappa shape index (κ3) is 3.47. The lowest BCUT2D eigenvalue weighted by atomic mass is 10.0. The number of amides is 2. The Bertz CT molecular complexity index is 1130. The minimum Gasteiger partial charge on any atom is -0.503 e. The Morgan fingerprint density at radius 1 is 1.23 bits per heavy atom. The van der Waals surface area contributed by atoms with Crippen molar-refractivity contribution in [2.75, 3.05) is 13.1 Å². The van der Waals surface area contributed by atoms with Crippen molar-refractivity contribution < 1.29 is 23.5 Å². The van der Waals surface area contributed by atoms with Crippen LogP contribution in [0.3, 0.4) is 0 Å². The molecule has 156 valence electrons.